The molecule has 2 aromatic carbocycles. The Morgan fingerprint density at radius 2 is 1.83 bits per heavy atom. The molecule has 3 aromatic rings. The number of carbonyl (C=O) groups excluding carboxylic acids is 3. The molecule has 9 heteroatoms. The van der Waals surface area contributed by atoms with Gasteiger partial charge in [-0.05, 0) is 87.2 Å². The van der Waals surface area contributed by atoms with Gasteiger partial charge in [0, 0.05) is 54.1 Å². The molecule has 1 aliphatic carbocycles. The second-order valence-electron chi connectivity index (χ2n) is 11.0. The standard InChI is InChI=1S/C33H35N5O3S/c1-34-21-24(6-4-16-37-17-5-18-37)31(39)35-25-11-9-22(10-12-25)33(41)38-19-15-23-20-29(32(40)36-26-13-14-26)42-30(23)27-7-2-3-8-28(27)38/h2-3,6-12,20-21,26H,4-5,13-19H2,1H3,(H,35,39)(H,36,40)/b24-6+,34-21?. The van der Waals surface area contributed by atoms with Gasteiger partial charge in [0.15, 0.2) is 0 Å². The first-order valence-corrected chi connectivity index (χ1v) is 15.4. The van der Waals surface area contributed by atoms with E-state index in [9.17, 15) is 14.4 Å². The largest absolute Gasteiger partial charge is 0.349 e. The average Bonchev–Trinajstić information content (AvgIpc) is 3.72. The van der Waals surface area contributed by atoms with Gasteiger partial charge < -0.3 is 20.4 Å². The highest BCUT2D eigenvalue weighted by Gasteiger charge is 2.29. The molecule has 216 valence electrons. The Hall–Kier alpha value is -4.08. The fourth-order valence-electron chi connectivity index (χ4n) is 5.31. The lowest BCUT2D eigenvalue weighted by atomic mass is 10.1. The van der Waals surface area contributed by atoms with Crippen LogP contribution in [0.3, 0.4) is 0 Å². The van der Waals surface area contributed by atoms with E-state index >= 15 is 0 Å². The van der Waals surface area contributed by atoms with Crippen LogP contribution >= 0.6 is 11.3 Å². The van der Waals surface area contributed by atoms with Crippen molar-refractivity contribution in [3.63, 3.8) is 0 Å². The van der Waals surface area contributed by atoms with Crippen LogP contribution in [0.25, 0.3) is 10.4 Å². The van der Waals surface area contributed by atoms with Gasteiger partial charge in [0.05, 0.1) is 16.1 Å². The lowest BCUT2D eigenvalue weighted by Gasteiger charge is -2.30. The van der Waals surface area contributed by atoms with Gasteiger partial charge in [0.2, 0.25) is 0 Å². The molecule has 0 unspecified atom stereocenters. The first-order valence-electron chi connectivity index (χ1n) is 14.6. The number of aliphatic imine (C=N–C) groups is 1. The van der Waals surface area contributed by atoms with Crippen molar-refractivity contribution in [2.45, 2.75) is 38.1 Å². The molecule has 2 aliphatic heterocycles. The van der Waals surface area contributed by atoms with E-state index in [-0.39, 0.29) is 17.7 Å². The van der Waals surface area contributed by atoms with Crippen LogP contribution in [-0.2, 0) is 11.2 Å². The third-order valence-electron chi connectivity index (χ3n) is 7.91. The van der Waals surface area contributed by atoms with Gasteiger partial charge >= 0.3 is 0 Å². The predicted octanol–water partition coefficient (Wildman–Crippen LogP) is 5.17. The van der Waals surface area contributed by atoms with Crippen LogP contribution in [0.2, 0.25) is 0 Å². The molecule has 3 heterocycles. The zero-order chi connectivity index (χ0) is 29.1. The molecule has 2 N–H and O–H groups in total. The van der Waals surface area contributed by atoms with Crippen molar-refractivity contribution in [1.29, 1.82) is 0 Å². The third-order valence-corrected chi connectivity index (χ3v) is 9.12. The van der Waals surface area contributed by atoms with Crippen molar-refractivity contribution in [1.82, 2.24) is 10.2 Å². The van der Waals surface area contributed by atoms with Crippen LogP contribution < -0.4 is 15.5 Å². The van der Waals surface area contributed by atoms with Crippen LogP contribution in [0.5, 0.6) is 0 Å². The molecule has 1 saturated carbocycles. The number of amides is 3. The molecular weight excluding hydrogens is 546 g/mol. The Kier molecular flexibility index (Phi) is 8.30. The summed E-state index contributed by atoms with van der Waals surface area (Å²) in [6.45, 7) is 3.69. The molecule has 0 radical (unpaired) electrons. The van der Waals surface area contributed by atoms with E-state index in [1.807, 2.05) is 41.3 Å². The topological polar surface area (TPSA) is 94.1 Å². The smallest absolute Gasteiger partial charge is 0.261 e. The highest BCUT2D eigenvalue weighted by atomic mass is 32.1. The van der Waals surface area contributed by atoms with Crippen LogP contribution in [0.4, 0.5) is 11.4 Å². The van der Waals surface area contributed by atoms with E-state index in [0.29, 0.717) is 35.8 Å². The van der Waals surface area contributed by atoms with Crippen molar-refractivity contribution < 1.29 is 14.4 Å². The Bertz CT molecular complexity index is 1550. The number of fused-ring (bicyclic) bond motifs is 3. The van der Waals surface area contributed by atoms with Crippen molar-refractivity contribution in [2.75, 3.05) is 43.4 Å². The first-order chi connectivity index (χ1) is 20.5. The molecule has 42 heavy (non-hydrogen) atoms. The molecule has 8 nitrogen and oxygen atoms in total. The fourth-order valence-corrected chi connectivity index (χ4v) is 6.46. The number of nitrogens with one attached hydrogen (secondary N) is 2. The third kappa shape index (κ3) is 6.22. The Balaban J connectivity index is 1.15. The number of carbonyl (C=O) groups is 3. The molecule has 3 aliphatic rings. The van der Waals surface area contributed by atoms with Gasteiger partial charge in [-0.25, -0.2) is 0 Å². The van der Waals surface area contributed by atoms with E-state index in [1.54, 1.807) is 37.5 Å². The molecule has 2 fully saturated rings. The summed E-state index contributed by atoms with van der Waals surface area (Å²) in [7, 11) is 1.65. The molecule has 0 atom stereocenters. The number of hydrogen-bond acceptors (Lipinski definition) is 6. The number of thiophene rings is 1. The molecule has 6 rings (SSSR count). The van der Waals surface area contributed by atoms with Crippen LogP contribution in [0, 0.1) is 0 Å². The summed E-state index contributed by atoms with van der Waals surface area (Å²) in [5.41, 5.74) is 4.57. The van der Waals surface area contributed by atoms with Crippen molar-refractivity contribution in [2.24, 2.45) is 4.99 Å². The monoisotopic (exact) mass is 581 g/mol. The molecule has 0 spiro atoms. The maximum Gasteiger partial charge on any atom is 0.261 e. The van der Waals surface area contributed by atoms with E-state index in [1.165, 1.54) is 17.8 Å². The highest BCUT2D eigenvalue weighted by Crippen LogP contribution is 2.42. The minimum atomic E-state index is -0.221. The normalized spacial score (nSPS) is 16.8. The molecule has 1 saturated heterocycles. The number of benzene rings is 2. The van der Waals surface area contributed by atoms with E-state index < -0.39 is 0 Å². The number of hydrogen-bond donors (Lipinski definition) is 2. The molecule has 3 amide bonds. The zero-order valence-corrected chi connectivity index (χ0v) is 24.6. The summed E-state index contributed by atoms with van der Waals surface area (Å²) in [6, 6.07) is 17.2. The Morgan fingerprint density at radius 3 is 2.55 bits per heavy atom. The maximum absolute atomic E-state index is 13.8. The quantitative estimate of drug-likeness (QED) is 0.269. The minimum Gasteiger partial charge on any atom is -0.349 e. The Labute approximate surface area is 250 Å². The van der Waals surface area contributed by atoms with Gasteiger partial charge in [0.25, 0.3) is 17.7 Å². The first kappa shape index (κ1) is 28.1. The summed E-state index contributed by atoms with van der Waals surface area (Å²) in [4.78, 5) is 49.4. The van der Waals surface area contributed by atoms with E-state index in [0.717, 1.165) is 65.5 Å². The van der Waals surface area contributed by atoms with Crippen molar-refractivity contribution in [3.8, 4) is 10.4 Å². The molecule has 1 aromatic heterocycles. The van der Waals surface area contributed by atoms with E-state index in [4.69, 9.17) is 0 Å². The summed E-state index contributed by atoms with van der Waals surface area (Å²) in [6.07, 6.45) is 8.30. The van der Waals surface area contributed by atoms with Gasteiger partial charge in [-0.3, -0.25) is 19.4 Å². The average molecular weight is 582 g/mol. The summed E-state index contributed by atoms with van der Waals surface area (Å²) in [5.74, 6) is -0.336. The lowest BCUT2D eigenvalue weighted by Crippen LogP contribution is -2.37. The number of nitrogens with zero attached hydrogens (tertiary/aromatic N) is 3. The number of rotatable bonds is 9. The van der Waals surface area contributed by atoms with Gasteiger partial charge in [-0.2, -0.15) is 0 Å². The number of anilines is 2. The van der Waals surface area contributed by atoms with Crippen LogP contribution in [0.1, 0.15) is 51.3 Å². The van der Waals surface area contributed by atoms with Gasteiger partial charge in [-0.1, -0.05) is 24.3 Å². The lowest BCUT2D eigenvalue weighted by molar-refractivity contribution is -0.112. The molecular formula is C33H35N5O3S. The number of likely N-dealkylation sites (tertiary alicyclic amines) is 1. The fraction of sp³-hybridized carbons (Fsp3) is 0.333. The van der Waals surface area contributed by atoms with Crippen LogP contribution in [-0.4, -0.2) is 68.1 Å². The van der Waals surface area contributed by atoms with Gasteiger partial charge in [-0.15, -0.1) is 11.3 Å². The predicted molar refractivity (Wildman–Crippen MR) is 169 cm³/mol. The van der Waals surface area contributed by atoms with Crippen LogP contribution in [0.15, 0.2) is 71.2 Å². The van der Waals surface area contributed by atoms with Gasteiger partial charge in [0.1, 0.15) is 0 Å². The van der Waals surface area contributed by atoms with E-state index in [2.05, 4.69) is 20.5 Å². The second kappa shape index (κ2) is 12.4. The number of para-hydroxylation sites is 1. The zero-order valence-electron chi connectivity index (χ0n) is 23.8. The van der Waals surface area contributed by atoms with Crippen molar-refractivity contribution >= 4 is 46.6 Å². The summed E-state index contributed by atoms with van der Waals surface area (Å²) in [5, 5.41) is 6.02. The Morgan fingerprint density at radius 1 is 1.05 bits per heavy atom. The summed E-state index contributed by atoms with van der Waals surface area (Å²) < 4.78 is 0. The second-order valence-corrected chi connectivity index (χ2v) is 12.1. The highest BCUT2D eigenvalue weighted by molar-refractivity contribution is 7.17. The minimum absolute atomic E-state index is 0.00979. The SMILES string of the molecule is CN=C/C(=C\CCN1CCC1)C(=O)Nc1ccc(C(=O)N2CCc3cc(C(=O)NC4CC4)sc3-c3ccccc32)cc1. The van der Waals surface area contributed by atoms with Crippen molar-refractivity contribution in [3.05, 3.63) is 82.3 Å². The maximum atomic E-state index is 13.8. The molecule has 0 bridgehead atoms. The summed E-state index contributed by atoms with van der Waals surface area (Å²) >= 11 is 1.50.